The van der Waals surface area contributed by atoms with Crippen LogP contribution in [0.1, 0.15) is 26.2 Å². The summed E-state index contributed by atoms with van der Waals surface area (Å²) in [5.41, 5.74) is 0. The summed E-state index contributed by atoms with van der Waals surface area (Å²) < 4.78 is 0. The van der Waals surface area contributed by atoms with Crippen molar-refractivity contribution in [3.63, 3.8) is 0 Å². The highest BCUT2D eigenvalue weighted by atomic mass is 32.2. The lowest BCUT2D eigenvalue weighted by molar-refractivity contribution is -0.124. The van der Waals surface area contributed by atoms with E-state index in [2.05, 4.69) is 11.2 Å². The average molecular weight is 211 g/mol. The summed E-state index contributed by atoms with van der Waals surface area (Å²) in [5, 5.41) is 3.01. The zero-order valence-corrected chi connectivity index (χ0v) is 9.40. The maximum Gasteiger partial charge on any atom is 0.224 e. The molecule has 1 saturated heterocycles. The first kappa shape index (κ1) is 11.5. The Morgan fingerprint density at radius 1 is 1.79 bits per heavy atom. The van der Waals surface area contributed by atoms with E-state index in [-0.39, 0.29) is 17.9 Å². The molecule has 1 amide bonds. The Kier molecular flexibility index (Phi) is 4.89. The molecule has 78 valence electrons. The van der Waals surface area contributed by atoms with Gasteiger partial charge in [0.1, 0.15) is 0 Å². The van der Waals surface area contributed by atoms with Gasteiger partial charge in [-0.15, -0.1) is 12.3 Å². The van der Waals surface area contributed by atoms with Crippen molar-refractivity contribution in [2.24, 2.45) is 5.92 Å². The van der Waals surface area contributed by atoms with Crippen molar-refractivity contribution in [1.82, 2.24) is 5.32 Å². The number of hydrogen-bond acceptors (Lipinski definition) is 2. The van der Waals surface area contributed by atoms with E-state index >= 15 is 0 Å². The molecule has 0 radical (unpaired) electrons. The minimum absolute atomic E-state index is 0.165. The van der Waals surface area contributed by atoms with Gasteiger partial charge in [0.2, 0.25) is 5.91 Å². The zero-order valence-electron chi connectivity index (χ0n) is 8.58. The van der Waals surface area contributed by atoms with Gasteiger partial charge in [-0.2, -0.15) is 11.8 Å². The molecule has 1 fully saturated rings. The summed E-state index contributed by atoms with van der Waals surface area (Å²) in [6, 6.07) is 0.165. The van der Waals surface area contributed by atoms with Crippen LogP contribution in [0.2, 0.25) is 0 Å². The van der Waals surface area contributed by atoms with Crippen LogP contribution in [0.25, 0.3) is 0 Å². The smallest absolute Gasteiger partial charge is 0.224 e. The number of thioether (sulfide) groups is 1. The summed E-state index contributed by atoms with van der Waals surface area (Å²) in [6.07, 6.45) is 7.80. The summed E-state index contributed by atoms with van der Waals surface area (Å²) in [7, 11) is 0. The highest BCUT2D eigenvalue weighted by Crippen LogP contribution is 2.23. The second-order valence-corrected chi connectivity index (χ2v) is 4.73. The molecule has 3 heteroatoms. The van der Waals surface area contributed by atoms with Crippen LogP contribution in [-0.4, -0.2) is 23.5 Å². The van der Waals surface area contributed by atoms with Crippen LogP contribution in [0.3, 0.4) is 0 Å². The number of rotatable bonds is 4. The van der Waals surface area contributed by atoms with Crippen LogP contribution >= 0.6 is 11.8 Å². The molecule has 0 aliphatic carbocycles. The van der Waals surface area contributed by atoms with Crippen LogP contribution in [0, 0.1) is 18.3 Å². The minimum atomic E-state index is 0.165. The molecular formula is C11H17NOS. The molecule has 0 bridgehead atoms. The number of hydrogen-bond donors (Lipinski definition) is 1. The van der Waals surface area contributed by atoms with Gasteiger partial charge >= 0.3 is 0 Å². The summed E-state index contributed by atoms with van der Waals surface area (Å²) in [5.74, 6) is 5.09. The molecule has 2 unspecified atom stereocenters. The average Bonchev–Trinajstić information content (AvgIpc) is 2.69. The zero-order chi connectivity index (χ0) is 10.4. The Balaban J connectivity index is 2.34. The lowest BCUT2D eigenvalue weighted by Crippen LogP contribution is -2.38. The van der Waals surface area contributed by atoms with Gasteiger partial charge in [0.25, 0.3) is 0 Å². The van der Waals surface area contributed by atoms with Crippen LogP contribution in [0.4, 0.5) is 0 Å². The van der Waals surface area contributed by atoms with Crippen LogP contribution in [0.15, 0.2) is 0 Å². The molecule has 1 heterocycles. The molecule has 14 heavy (non-hydrogen) atoms. The second-order valence-electron chi connectivity index (χ2n) is 3.58. The Morgan fingerprint density at radius 2 is 2.57 bits per heavy atom. The van der Waals surface area contributed by atoms with E-state index < -0.39 is 0 Å². The van der Waals surface area contributed by atoms with E-state index in [1.54, 1.807) is 0 Å². The molecule has 1 aliphatic heterocycles. The van der Waals surface area contributed by atoms with E-state index in [1.807, 2.05) is 18.7 Å². The maximum atomic E-state index is 11.7. The molecule has 2 atom stereocenters. The third-order valence-electron chi connectivity index (χ3n) is 2.50. The Hall–Kier alpha value is -0.620. The van der Waals surface area contributed by atoms with Gasteiger partial charge in [-0.05, 0) is 18.6 Å². The second kappa shape index (κ2) is 5.98. The molecule has 0 saturated carbocycles. The Bertz CT molecular complexity index is 228. The van der Waals surface area contributed by atoms with Crippen LogP contribution < -0.4 is 5.32 Å². The number of terminal acetylenes is 1. The normalized spacial score (nSPS) is 22.7. The first-order valence-electron chi connectivity index (χ1n) is 5.09. The SMILES string of the molecule is C#CCC(CC)NC(=O)C1CCSC1. The molecule has 0 aromatic heterocycles. The molecule has 0 aromatic carbocycles. The van der Waals surface area contributed by atoms with Crippen molar-refractivity contribution < 1.29 is 4.79 Å². The fourth-order valence-electron chi connectivity index (χ4n) is 1.50. The number of amides is 1. The third kappa shape index (κ3) is 3.26. The molecule has 1 N–H and O–H groups in total. The molecule has 1 rings (SSSR count). The van der Waals surface area contributed by atoms with E-state index in [4.69, 9.17) is 6.42 Å². The van der Waals surface area contributed by atoms with E-state index in [1.165, 1.54) is 0 Å². The van der Waals surface area contributed by atoms with Crippen molar-refractivity contribution in [3.05, 3.63) is 0 Å². The van der Waals surface area contributed by atoms with Gasteiger partial charge in [0, 0.05) is 24.1 Å². The van der Waals surface area contributed by atoms with Gasteiger partial charge in [-0.25, -0.2) is 0 Å². The predicted octanol–water partition coefficient (Wildman–Crippen LogP) is 1.66. The highest BCUT2D eigenvalue weighted by molar-refractivity contribution is 7.99. The Morgan fingerprint density at radius 3 is 3.07 bits per heavy atom. The fourth-order valence-corrected chi connectivity index (χ4v) is 2.72. The van der Waals surface area contributed by atoms with Crippen LogP contribution in [-0.2, 0) is 4.79 Å². The monoisotopic (exact) mass is 211 g/mol. The lowest BCUT2D eigenvalue weighted by atomic mass is 10.1. The van der Waals surface area contributed by atoms with Gasteiger partial charge in [0.15, 0.2) is 0 Å². The quantitative estimate of drug-likeness (QED) is 0.717. The highest BCUT2D eigenvalue weighted by Gasteiger charge is 2.24. The minimum Gasteiger partial charge on any atom is -0.352 e. The van der Waals surface area contributed by atoms with Crippen molar-refractivity contribution in [1.29, 1.82) is 0 Å². The number of nitrogens with one attached hydrogen (secondary N) is 1. The van der Waals surface area contributed by atoms with Gasteiger partial charge in [-0.3, -0.25) is 4.79 Å². The molecule has 2 nitrogen and oxygen atoms in total. The standard InChI is InChI=1S/C11H17NOS/c1-3-5-10(4-2)12-11(13)9-6-7-14-8-9/h1,9-10H,4-8H2,2H3,(H,12,13). The largest absolute Gasteiger partial charge is 0.352 e. The van der Waals surface area contributed by atoms with E-state index in [0.29, 0.717) is 6.42 Å². The van der Waals surface area contributed by atoms with Gasteiger partial charge < -0.3 is 5.32 Å². The van der Waals surface area contributed by atoms with Crippen molar-refractivity contribution >= 4 is 17.7 Å². The first-order chi connectivity index (χ1) is 6.77. The van der Waals surface area contributed by atoms with Crippen molar-refractivity contribution in [3.8, 4) is 12.3 Å². The molecular weight excluding hydrogens is 194 g/mol. The predicted molar refractivity (Wildman–Crippen MR) is 61.1 cm³/mol. The van der Waals surface area contributed by atoms with E-state index in [9.17, 15) is 4.79 Å². The summed E-state index contributed by atoms with van der Waals surface area (Å²) >= 11 is 1.86. The summed E-state index contributed by atoms with van der Waals surface area (Å²) in [4.78, 5) is 11.7. The maximum absolute atomic E-state index is 11.7. The fraction of sp³-hybridized carbons (Fsp3) is 0.727. The van der Waals surface area contributed by atoms with E-state index in [0.717, 1.165) is 24.3 Å². The number of carbonyl (C=O) groups is 1. The number of carbonyl (C=O) groups excluding carboxylic acids is 1. The molecule has 0 aromatic rings. The molecule has 1 aliphatic rings. The first-order valence-corrected chi connectivity index (χ1v) is 6.25. The van der Waals surface area contributed by atoms with Gasteiger partial charge in [-0.1, -0.05) is 6.92 Å². The van der Waals surface area contributed by atoms with Crippen LogP contribution in [0.5, 0.6) is 0 Å². The van der Waals surface area contributed by atoms with Crippen molar-refractivity contribution in [2.75, 3.05) is 11.5 Å². The Labute approximate surface area is 90.2 Å². The topological polar surface area (TPSA) is 29.1 Å². The van der Waals surface area contributed by atoms with Gasteiger partial charge in [0.05, 0.1) is 0 Å². The third-order valence-corrected chi connectivity index (χ3v) is 3.67. The molecule has 0 spiro atoms. The lowest BCUT2D eigenvalue weighted by Gasteiger charge is -2.16. The van der Waals surface area contributed by atoms with Crippen molar-refractivity contribution in [2.45, 2.75) is 32.2 Å². The summed E-state index contributed by atoms with van der Waals surface area (Å²) in [6.45, 7) is 2.05.